The molecule has 0 saturated heterocycles. The standard InChI is InChI=1S/C18H20N4O5/c1-25-13-9-14(26-2)21-18(20-13)27-12-6-4-3-5-11(12)17(24)22-15(16(19)23)10-7-8-10/h3-6,9-10,15H,7-8H2,1-2H3,(H2,19,23)(H,22,24). The molecule has 0 radical (unpaired) electrons. The molecule has 3 rings (SSSR count). The molecule has 1 aliphatic carbocycles. The van der Waals surface area contributed by atoms with Crippen molar-refractivity contribution in [2.75, 3.05) is 14.2 Å². The van der Waals surface area contributed by atoms with Crippen molar-refractivity contribution in [1.82, 2.24) is 15.3 Å². The molecule has 1 atom stereocenters. The third-order valence-electron chi connectivity index (χ3n) is 4.10. The first-order valence-corrected chi connectivity index (χ1v) is 8.36. The summed E-state index contributed by atoms with van der Waals surface area (Å²) in [4.78, 5) is 32.4. The molecule has 2 amide bonds. The van der Waals surface area contributed by atoms with Crippen LogP contribution in [0.5, 0.6) is 23.5 Å². The fourth-order valence-corrected chi connectivity index (χ4v) is 2.55. The predicted octanol–water partition coefficient (Wildman–Crippen LogP) is 1.28. The van der Waals surface area contributed by atoms with Crippen molar-refractivity contribution in [3.05, 3.63) is 35.9 Å². The maximum atomic E-state index is 12.7. The van der Waals surface area contributed by atoms with E-state index in [1.165, 1.54) is 20.3 Å². The molecule has 1 unspecified atom stereocenters. The van der Waals surface area contributed by atoms with Gasteiger partial charge in [-0.1, -0.05) is 12.1 Å². The van der Waals surface area contributed by atoms with Crippen LogP contribution in [0.4, 0.5) is 0 Å². The molecular formula is C18H20N4O5. The second kappa shape index (κ2) is 7.90. The van der Waals surface area contributed by atoms with E-state index in [0.717, 1.165) is 12.8 Å². The van der Waals surface area contributed by atoms with Crippen molar-refractivity contribution in [3.63, 3.8) is 0 Å². The molecule has 1 aromatic carbocycles. The number of methoxy groups -OCH3 is 2. The summed E-state index contributed by atoms with van der Waals surface area (Å²) in [6.07, 6.45) is 1.73. The monoisotopic (exact) mass is 372 g/mol. The van der Waals surface area contributed by atoms with Crippen molar-refractivity contribution in [2.45, 2.75) is 18.9 Å². The molecule has 142 valence electrons. The van der Waals surface area contributed by atoms with Gasteiger partial charge < -0.3 is 25.3 Å². The van der Waals surface area contributed by atoms with Gasteiger partial charge in [-0.05, 0) is 30.9 Å². The summed E-state index contributed by atoms with van der Waals surface area (Å²) in [5.41, 5.74) is 5.63. The Hall–Kier alpha value is -3.36. The van der Waals surface area contributed by atoms with E-state index in [9.17, 15) is 9.59 Å². The van der Waals surface area contributed by atoms with Gasteiger partial charge in [-0.2, -0.15) is 9.97 Å². The number of hydrogen-bond donors (Lipinski definition) is 2. The van der Waals surface area contributed by atoms with Gasteiger partial charge in [-0.15, -0.1) is 0 Å². The number of rotatable bonds is 8. The lowest BCUT2D eigenvalue weighted by atomic mass is 10.1. The van der Waals surface area contributed by atoms with Crippen LogP contribution in [0.3, 0.4) is 0 Å². The van der Waals surface area contributed by atoms with Crippen LogP contribution < -0.4 is 25.3 Å². The van der Waals surface area contributed by atoms with Crippen LogP contribution in [0.2, 0.25) is 0 Å². The third-order valence-corrected chi connectivity index (χ3v) is 4.10. The van der Waals surface area contributed by atoms with E-state index >= 15 is 0 Å². The highest BCUT2D eigenvalue weighted by Gasteiger charge is 2.36. The average molecular weight is 372 g/mol. The van der Waals surface area contributed by atoms with Gasteiger partial charge in [-0.25, -0.2) is 0 Å². The molecule has 1 aliphatic rings. The number of hydrogen-bond acceptors (Lipinski definition) is 7. The fraction of sp³-hybridized carbons (Fsp3) is 0.333. The molecule has 2 aromatic rings. The number of primary amides is 1. The van der Waals surface area contributed by atoms with Crippen molar-refractivity contribution >= 4 is 11.8 Å². The lowest BCUT2D eigenvalue weighted by Gasteiger charge is -2.16. The Morgan fingerprint density at radius 1 is 1.15 bits per heavy atom. The smallest absolute Gasteiger partial charge is 0.328 e. The molecule has 1 aromatic heterocycles. The Morgan fingerprint density at radius 3 is 2.33 bits per heavy atom. The number of nitrogens with two attached hydrogens (primary N) is 1. The lowest BCUT2D eigenvalue weighted by molar-refractivity contribution is -0.120. The van der Waals surface area contributed by atoms with Crippen molar-refractivity contribution in [1.29, 1.82) is 0 Å². The molecule has 0 aliphatic heterocycles. The predicted molar refractivity (Wildman–Crippen MR) is 94.8 cm³/mol. The molecule has 3 N–H and O–H groups in total. The summed E-state index contributed by atoms with van der Waals surface area (Å²) < 4.78 is 15.8. The minimum absolute atomic E-state index is 0.0416. The van der Waals surface area contributed by atoms with Crippen LogP contribution in [-0.4, -0.2) is 42.0 Å². The molecule has 1 fully saturated rings. The van der Waals surface area contributed by atoms with Crippen LogP contribution in [0.15, 0.2) is 30.3 Å². The molecule has 27 heavy (non-hydrogen) atoms. The first kappa shape index (κ1) is 18.4. The molecular weight excluding hydrogens is 352 g/mol. The number of nitrogens with zero attached hydrogens (tertiary/aromatic N) is 2. The Morgan fingerprint density at radius 2 is 1.78 bits per heavy atom. The van der Waals surface area contributed by atoms with E-state index in [-0.39, 0.29) is 35.0 Å². The highest BCUT2D eigenvalue weighted by atomic mass is 16.5. The number of amides is 2. The quantitative estimate of drug-likeness (QED) is 0.715. The zero-order chi connectivity index (χ0) is 19.4. The summed E-state index contributed by atoms with van der Waals surface area (Å²) in [5.74, 6) is -0.196. The molecule has 0 bridgehead atoms. The Kier molecular flexibility index (Phi) is 5.39. The minimum Gasteiger partial charge on any atom is -0.481 e. The largest absolute Gasteiger partial charge is 0.481 e. The van der Waals surface area contributed by atoms with Gasteiger partial charge in [0.05, 0.1) is 25.8 Å². The van der Waals surface area contributed by atoms with Crippen LogP contribution in [-0.2, 0) is 4.79 Å². The summed E-state index contributed by atoms with van der Waals surface area (Å²) in [5, 5.41) is 2.68. The maximum absolute atomic E-state index is 12.7. The second-order valence-corrected chi connectivity index (χ2v) is 6.02. The van der Waals surface area contributed by atoms with Crippen LogP contribution in [0, 0.1) is 5.92 Å². The van der Waals surface area contributed by atoms with Crippen LogP contribution >= 0.6 is 0 Å². The van der Waals surface area contributed by atoms with E-state index in [0.29, 0.717) is 0 Å². The number of ether oxygens (including phenoxy) is 3. The molecule has 0 spiro atoms. The molecule has 9 nitrogen and oxygen atoms in total. The summed E-state index contributed by atoms with van der Waals surface area (Å²) in [6, 6.07) is 7.33. The van der Waals surface area contributed by atoms with Gasteiger partial charge in [0, 0.05) is 0 Å². The molecule has 9 heteroatoms. The van der Waals surface area contributed by atoms with Crippen molar-refractivity contribution < 1.29 is 23.8 Å². The lowest BCUT2D eigenvalue weighted by Crippen LogP contribution is -2.46. The van der Waals surface area contributed by atoms with Gasteiger partial charge >= 0.3 is 6.01 Å². The summed E-state index contributed by atoms with van der Waals surface area (Å²) in [7, 11) is 2.91. The van der Waals surface area contributed by atoms with Gasteiger partial charge in [0.1, 0.15) is 11.8 Å². The minimum atomic E-state index is -0.696. The van der Waals surface area contributed by atoms with Crippen molar-refractivity contribution in [3.8, 4) is 23.5 Å². The number of carbonyl (C=O) groups excluding carboxylic acids is 2. The normalized spacial score (nSPS) is 14.1. The summed E-state index contributed by atoms with van der Waals surface area (Å²) in [6.45, 7) is 0. The van der Waals surface area contributed by atoms with Gasteiger partial charge in [0.25, 0.3) is 5.91 Å². The van der Waals surface area contributed by atoms with Crippen LogP contribution in [0.1, 0.15) is 23.2 Å². The first-order chi connectivity index (χ1) is 13.0. The van der Waals surface area contributed by atoms with Crippen LogP contribution in [0.25, 0.3) is 0 Å². The number of nitrogens with one attached hydrogen (secondary N) is 1. The highest BCUT2D eigenvalue weighted by molar-refractivity contribution is 5.99. The SMILES string of the molecule is COc1cc(OC)nc(Oc2ccccc2C(=O)NC(C(N)=O)C2CC2)n1. The van der Waals surface area contributed by atoms with Gasteiger partial charge in [0.15, 0.2) is 0 Å². The van der Waals surface area contributed by atoms with E-state index in [1.807, 2.05) is 0 Å². The number of para-hydroxylation sites is 1. The highest BCUT2D eigenvalue weighted by Crippen LogP contribution is 2.33. The number of aromatic nitrogens is 2. The first-order valence-electron chi connectivity index (χ1n) is 8.36. The third kappa shape index (κ3) is 4.43. The topological polar surface area (TPSA) is 126 Å². The maximum Gasteiger partial charge on any atom is 0.328 e. The Bertz CT molecular complexity index is 831. The number of carbonyl (C=O) groups is 2. The zero-order valence-corrected chi connectivity index (χ0v) is 15.0. The second-order valence-electron chi connectivity index (χ2n) is 6.02. The Balaban J connectivity index is 1.83. The zero-order valence-electron chi connectivity index (χ0n) is 15.0. The summed E-state index contributed by atoms with van der Waals surface area (Å²) >= 11 is 0. The number of benzene rings is 1. The van der Waals surface area contributed by atoms with Gasteiger partial charge in [-0.3, -0.25) is 9.59 Å². The van der Waals surface area contributed by atoms with E-state index in [2.05, 4.69) is 15.3 Å². The van der Waals surface area contributed by atoms with E-state index in [1.54, 1.807) is 24.3 Å². The van der Waals surface area contributed by atoms with E-state index in [4.69, 9.17) is 19.9 Å². The van der Waals surface area contributed by atoms with Gasteiger partial charge in [0.2, 0.25) is 17.7 Å². The van der Waals surface area contributed by atoms with E-state index < -0.39 is 17.9 Å². The molecule has 1 saturated carbocycles. The fourth-order valence-electron chi connectivity index (χ4n) is 2.55. The average Bonchev–Trinajstić information content (AvgIpc) is 3.50. The Labute approximate surface area is 155 Å². The van der Waals surface area contributed by atoms with Crippen molar-refractivity contribution in [2.24, 2.45) is 11.7 Å². The molecule has 1 heterocycles.